The van der Waals surface area contributed by atoms with Gasteiger partial charge in [-0.25, -0.2) is 9.59 Å². The van der Waals surface area contributed by atoms with Gasteiger partial charge in [-0.15, -0.1) is 0 Å². The van der Waals surface area contributed by atoms with Crippen LogP contribution in [0.4, 0.5) is 0 Å². The summed E-state index contributed by atoms with van der Waals surface area (Å²) in [6.07, 6.45) is 1.82. The van der Waals surface area contributed by atoms with Gasteiger partial charge in [-0.2, -0.15) is 0 Å². The van der Waals surface area contributed by atoms with Gasteiger partial charge in [0.1, 0.15) is 11.4 Å². The van der Waals surface area contributed by atoms with Crippen molar-refractivity contribution in [2.24, 2.45) is 22.1 Å². The van der Waals surface area contributed by atoms with Gasteiger partial charge in [0.25, 0.3) is 0 Å². The molecular formula is C37H48N2O8. The van der Waals surface area contributed by atoms with Crippen molar-refractivity contribution in [2.75, 3.05) is 26.4 Å². The SMILES string of the molecule is CCOCCC1(CCOCC)c2cc(C(=O)/C(CC(C)C)=N/OC(C)=O)ccc2-c2ccc(C(=O)/C(CC(C)C)=N/OC(C)=O)cc21. The minimum Gasteiger partial charge on any atom is -0.382 e. The Morgan fingerprint density at radius 1 is 0.660 bits per heavy atom. The van der Waals surface area contributed by atoms with E-state index in [4.69, 9.17) is 19.1 Å². The molecule has 2 aromatic carbocycles. The van der Waals surface area contributed by atoms with Crippen LogP contribution in [-0.4, -0.2) is 61.4 Å². The lowest BCUT2D eigenvalue weighted by Crippen LogP contribution is -2.30. The van der Waals surface area contributed by atoms with E-state index in [1.807, 2.05) is 65.8 Å². The van der Waals surface area contributed by atoms with Gasteiger partial charge < -0.3 is 19.1 Å². The first-order valence-electron chi connectivity index (χ1n) is 16.4. The molecule has 10 heteroatoms. The van der Waals surface area contributed by atoms with Crippen molar-refractivity contribution in [2.45, 2.75) is 86.5 Å². The number of carbonyl (C=O) groups excluding carboxylic acids is 4. The molecule has 0 heterocycles. The van der Waals surface area contributed by atoms with Crippen LogP contribution in [0.1, 0.15) is 113 Å². The van der Waals surface area contributed by atoms with Crippen LogP contribution in [0.25, 0.3) is 11.1 Å². The molecule has 3 rings (SSSR count). The number of rotatable bonds is 18. The molecule has 254 valence electrons. The Bertz CT molecular complexity index is 1410. The lowest BCUT2D eigenvalue weighted by Gasteiger charge is -2.33. The first-order valence-corrected chi connectivity index (χ1v) is 16.4. The van der Waals surface area contributed by atoms with Crippen molar-refractivity contribution in [1.29, 1.82) is 0 Å². The first kappa shape index (κ1) is 37.4. The molecule has 0 unspecified atom stereocenters. The lowest BCUT2D eigenvalue weighted by molar-refractivity contribution is -0.141. The maximum atomic E-state index is 13.8. The third-order valence-corrected chi connectivity index (χ3v) is 7.94. The Hall–Kier alpha value is -4.02. The third kappa shape index (κ3) is 9.51. The smallest absolute Gasteiger partial charge is 0.331 e. The Morgan fingerprint density at radius 2 is 1.04 bits per heavy atom. The summed E-state index contributed by atoms with van der Waals surface area (Å²) >= 11 is 0. The van der Waals surface area contributed by atoms with Gasteiger partial charge in [-0.05, 0) is 85.8 Å². The van der Waals surface area contributed by atoms with Crippen molar-refractivity contribution in [3.8, 4) is 11.1 Å². The maximum Gasteiger partial charge on any atom is 0.331 e. The summed E-state index contributed by atoms with van der Waals surface area (Å²) in [5, 5.41) is 7.84. The average molecular weight is 649 g/mol. The molecular weight excluding hydrogens is 600 g/mol. The van der Waals surface area contributed by atoms with Crippen LogP contribution in [0.5, 0.6) is 0 Å². The monoisotopic (exact) mass is 648 g/mol. The van der Waals surface area contributed by atoms with Crippen LogP contribution in [0.3, 0.4) is 0 Å². The molecule has 0 aromatic heterocycles. The van der Waals surface area contributed by atoms with Gasteiger partial charge in [0.05, 0.1) is 0 Å². The zero-order valence-corrected chi connectivity index (χ0v) is 28.9. The average Bonchev–Trinajstić information content (AvgIpc) is 3.28. The van der Waals surface area contributed by atoms with E-state index in [1.165, 1.54) is 13.8 Å². The number of ketones is 2. The highest BCUT2D eigenvalue weighted by atomic mass is 16.7. The highest BCUT2D eigenvalue weighted by Crippen LogP contribution is 2.53. The number of hydrogen-bond donors (Lipinski definition) is 0. The first-order chi connectivity index (χ1) is 22.3. The maximum absolute atomic E-state index is 13.8. The van der Waals surface area contributed by atoms with Crippen LogP contribution in [0, 0.1) is 11.8 Å². The Morgan fingerprint density at radius 3 is 1.36 bits per heavy atom. The molecule has 10 nitrogen and oxygen atoms in total. The molecule has 0 N–H and O–H groups in total. The molecule has 0 amide bonds. The summed E-state index contributed by atoms with van der Waals surface area (Å²) in [5.41, 5.74) is 4.26. The second-order valence-electron chi connectivity index (χ2n) is 12.6. The Labute approximate surface area is 277 Å². The molecule has 0 fully saturated rings. The summed E-state index contributed by atoms with van der Waals surface area (Å²) in [7, 11) is 0. The fraction of sp³-hybridized carbons (Fsp3) is 0.514. The van der Waals surface area contributed by atoms with Crippen molar-refractivity contribution in [3.63, 3.8) is 0 Å². The highest BCUT2D eigenvalue weighted by Gasteiger charge is 2.44. The van der Waals surface area contributed by atoms with E-state index in [0.717, 1.165) is 22.3 Å². The predicted octanol–water partition coefficient (Wildman–Crippen LogP) is 7.10. The van der Waals surface area contributed by atoms with Gasteiger partial charge in [0, 0.05) is 56.8 Å². The number of oxime groups is 2. The Balaban J connectivity index is 2.23. The van der Waals surface area contributed by atoms with Crippen LogP contribution in [0.15, 0.2) is 46.7 Å². The summed E-state index contributed by atoms with van der Waals surface area (Å²) in [6, 6.07) is 11.2. The van der Waals surface area contributed by atoms with Gasteiger partial charge >= 0.3 is 11.9 Å². The molecule has 1 aliphatic rings. The zero-order valence-electron chi connectivity index (χ0n) is 28.9. The molecule has 0 radical (unpaired) electrons. The van der Waals surface area contributed by atoms with Crippen molar-refractivity contribution >= 4 is 34.9 Å². The predicted molar refractivity (Wildman–Crippen MR) is 181 cm³/mol. The largest absolute Gasteiger partial charge is 0.382 e. The van der Waals surface area contributed by atoms with E-state index in [1.54, 1.807) is 12.1 Å². The van der Waals surface area contributed by atoms with Crippen LogP contribution < -0.4 is 0 Å². The van der Waals surface area contributed by atoms with E-state index in [0.29, 0.717) is 63.2 Å². The summed E-state index contributed by atoms with van der Waals surface area (Å²) in [4.78, 5) is 60.5. The van der Waals surface area contributed by atoms with E-state index in [9.17, 15) is 19.2 Å². The third-order valence-electron chi connectivity index (χ3n) is 7.94. The van der Waals surface area contributed by atoms with Crippen molar-refractivity contribution < 1.29 is 38.3 Å². The number of ether oxygens (including phenoxy) is 2. The summed E-state index contributed by atoms with van der Waals surface area (Å²) < 4.78 is 11.8. The molecule has 1 aliphatic carbocycles. The number of hydrogen-bond acceptors (Lipinski definition) is 10. The minimum absolute atomic E-state index is 0.101. The van der Waals surface area contributed by atoms with Gasteiger partial charge in [0.2, 0.25) is 11.6 Å². The molecule has 47 heavy (non-hydrogen) atoms. The van der Waals surface area contributed by atoms with E-state index in [-0.39, 0.29) is 34.8 Å². The second-order valence-corrected chi connectivity index (χ2v) is 12.6. The molecule has 0 aliphatic heterocycles. The van der Waals surface area contributed by atoms with E-state index in [2.05, 4.69) is 10.3 Å². The number of benzene rings is 2. The molecule has 0 bridgehead atoms. The highest BCUT2D eigenvalue weighted by molar-refractivity contribution is 6.46. The summed E-state index contributed by atoms with van der Waals surface area (Å²) in [6.45, 7) is 16.2. The molecule has 0 atom stereocenters. The van der Waals surface area contributed by atoms with Crippen LogP contribution >= 0.6 is 0 Å². The molecule has 2 aromatic rings. The fourth-order valence-electron chi connectivity index (χ4n) is 5.91. The van der Waals surface area contributed by atoms with E-state index >= 15 is 0 Å². The number of carbonyl (C=O) groups is 4. The topological polar surface area (TPSA) is 130 Å². The number of fused-ring (bicyclic) bond motifs is 3. The van der Waals surface area contributed by atoms with Gasteiger partial charge in [0.15, 0.2) is 0 Å². The Kier molecular flexibility index (Phi) is 13.7. The standard InChI is InChI=1S/C37H48N2O8/c1-9-44-17-15-37(16-18-45-10-2)31-21-27(35(42)33(19-23(3)4)38-46-25(7)40)11-13-29(31)30-14-12-28(22-32(30)37)36(43)34(20-24(5)6)39-47-26(8)41/h11-14,21-24H,9-10,15-20H2,1-8H3/b38-33+,39-34+. The molecule has 0 saturated carbocycles. The lowest BCUT2D eigenvalue weighted by atomic mass is 9.72. The quantitative estimate of drug-likeness (QED) is 0.0550. The normalized spacial score (nSPS) is 13.8. The van der Waals surface area contributed by atoms with Crippen LogP contribution in [-0.2, 0) is 34.2 Å². The van der Waals surface area contributed by atoms with Gasteiger partial charge in [-0.1, -0.05) is 62.3 Å². The number of nitrogens with zero attached hydrogens (tertiary/aromatic N) is 2. The molecule has 0 saturated heterocycles. The number of Topliss-reactive ketones (excluding diaryl/α,β-unsaturated/α-hetero) is 2. The minimum atomic E-state index is -0.655. The zero-order chi connectivity index (χ0) is 34.7. The van der Waals surface area contributed by atoms with Gasteiger partial charge in [-0.3, -0.25) is 9.59 Å². The summed E-state index contributed by atoms with van der Waals surface area (Å²) in [5.74, 6) is -1.65. The fourth-order valence-corrected chi connectivity index (χ4v) is 5.91. The second kappa shape index (κ2) is 17.2. The van der Waals surface area contributed by atoms with Crippen LogP contribution in [0.2, 0.25) is 0 Å². The van der Waals surface area contributed by atoms with Crippen molar-refractivity contribution in [3.05, 3.63) is 58.7 Å². The molecule has 0 spiro atoms. The van der Waals surface area contributed by atoms with Crippen molar-refractivity contribution in [1.82, 2.24) is 0 Å². The van der Waals surface area contributed by atoms with E-state index < -0.39 is 17.4 Å².